The van der Waals surface area contributed by atoms with Crippen LogP contribution in [-0.2, 0) is 4.79 Å². The maximum atomic E-state index is 10.6. The fraction of sp³-hybridized carbons (Fsp3) is 0.700. The predicted octanol–water partition coefficient (Wildman–Crippen LogP) is 0.902. The molecule has 0 amide bonds. The number of carboxylic acids is 1. The highest BCUT2D eigenvalue weighted by molar-refractivity contribution is 7.99. The molecule has 1 rings (SSSR count). The molecule has 1 aliphatic heterocycles. The van der Waals surface area contributed by atoms with Crippen LogP contribution in [0.3, 0.4) is 0 Å². The van der Waals surface area contributed by atoms with Gasteiger partial charge < -0.3 is 5.11 Å². The summed E-state index contributed by atoms with van der Waals surface area (Å²) in [7, 11) is 0. The summed E-state index contributed by atoms with van der Waals surface area (Å²) in [5.74, 6) is 3.93. The molecule has 78 valence electrons. The van der Waals surface area contributed by atoms with Gasteiger partial charge in [0.2, 0.25) is 0 Å². The van der Waals surface area contributed by atoms with Gasteiger partial charge in [0.25, 0.3) is 0 Å². The van der Waals surface area contributed by atoms with E-state index in [1.807, 2.05) is 16.7 Å². The van der Waals surface area contributed by atoms with Crippen molar-refractivity contribution in [2.45, 2.75) is 18.9 Å². The Morgan fingerprint density at radius 3 is 3.00 bits per heavy atom. The fourth-order valence-electron chi connectivity index (χ4n) is 1.62. The normalized spacial score (nSPS) is 21.9. The number of hydrogen-bond acceptors (Lipinski definition) is 3. The average Bonchev–Trinajstić information content (AvgIpc) is 2.18. The Labute approximate surface area is 88.9 Å². The van der Waals surface area contributed by atoms with Gasteiger partial charge in [-0.25, -0.2) is 0 Å². The van der Waals surface area contributed by atoms with E-state index >= 15 is 0 Å². The number of aliphatic carboxylic acids is 1. The molecule has 1 saturated heterocycles. The minimum Gasteiger partial charge on any atom is -0.480 e. The minimum absolute atomic E-state index is 0.0649. The summed E-state index contributed by atoms with van der Waals surface area (Å²) in [6.07, 6.45) is 7.45. The van der Waals surface area contributed by atoms with Crippen molar-refractivity contribution < 1.29 is 9.90 Å². The molecule has 3 nitrogen and oxygen atoms in total. The van der Waals surface area contributed by atoms with Gasteiger partial charge in [-0.1, -0.05) is 5.92 Å². The molecular formula is C10H15NO2S. The van der Waals surface area contributed by atoms with E-state index in [-0.39, 0.29) is 6.54 Å². The van der Waals surface area contributed by atoms with Gasteiger partial charge in [-0.3, -0.25) is 9.69 Å². The van der Waals surface area contributed by atoms with Crippen molar-refractivity contribution >= 4 is 17.7 Å². The van der Waals surface area contributed by atoms with Crippen molar-refractivity contribution in [3.63, 3.8) is 0 Å². The van der Waals surface area contributed by atoms with Crippen molar-refractivity contribution in [2.24, 2.45) is 0 Å². The average molecular weight is 213 g/mol. The second-order valence-corrected chi connectivity index (χ2v) is 4.52. The molecule has 0 spiro atoms. The molecule has 1 unspecified atom stereocenters. The fourth-order valence-corrected chi connectivity index (χ4v) is 2.80. The summed E-state index contributed by atoms with van der Waals surface area (Å²) in [4.78, 5) is 12.5. The van der Waals surface area contributed by atoms with E-state index in [2.05, 4.69) is 5.92 Å². The monoisotopic (exact) mass is 213 g/mol. The number of carbonyl (C=O) groups is 1. The molecule has 0 aliphatic carbocycles. The van der Waals surface area contributed by atoms with Crippen LogP contribution in [0, 0.1) is 12.3 Å². The van der Waals surface area contributed by atoms with Crippen molar-refractivity contribution in [1.29, 1.82) is 0 Å². The molecule has 0 aromatic rings. The molecule has 0 radical (unpaired) electrons. The van der Waals surface area contributed by atoms with Crippen LogP contribution < -0.4 is 0 Å². The van der Waals surface area contributed by atoms with Crippen LogP contribution in [0.15, 0.2) is 0 Å². The Bertz CT molecular complexity index is 231. The summed E-state index contributed by atoms with van der Waals surface area (Å²) in [6, 6.07) is 0.348. The van der Waals surface area contributed by atoms with Crippen molar-refractivity contribution in [2.75, 3.05) is 24.6 Å². The molecule has 14 heavy (non-hydrogen) atoms. The van der Waals surface area contributed by atoms with E-state index in [0.29, 0.717) is 12.6 Å². The lowest BCUT2D eigenvalue weighted by atomic mass is 10.1. The smallest absolute Gasteiger partial charge is 0.317 e. The largest absolute Gasteiger partial charge is 0.480 e. The van der Waals surface area contributed by atoms with E-state index in [1.54, 1.807) is 0 Å². The quantitative estimate of drug-likeness (QED) is 0.704. The van der Waals surface area contributed by atoms with Crippen LogP contribution in [0.1, 0.15) is 12.8 Å². The number of carboxylic acid groups (broad SMARTS) is 1. The third-order valence-corrected chi connectivity index (χ3v) is 3.48. The van der Waals surface area contributed by atoms with Crippen molar-refractivity contribution in [3.8, 4) is 12.3 Å². The highest BCUT2D eigenvalue weighted by atomic mass is 32.2. The zero-order valence-corrected chi connectivity index (χ0v) is 8.92. The summed E-state index contributed by atoms with van der Waals surface area (Å²) in [5, 5.41) is 8.72. The zero-order chi connectivity index (χ0) is 10.4. The van der Waals surface area contributed by atoms with E-state index in [9.17, 15) is 4.79 Å². The first kappa shape index (κ1) is 11.4. The second kappa shape index (κ2) is 5.94. The van der Waals surface area contributed by atoms with Gasteiger partial charge in [0, 0.05) is 11.8 Å². The van der Waals surface area contributed by atoms with Gasteiger partial charge in [-0.15, -0.1) is 6.42 Å². The first-order chi connectivity index (χ1) is 6.74. The molecule has 1 aliphatic rings. The molecule has 1 heterocycles. The van der Waals surface area contributed by atoms with Gasteiger partial charge in [-0.05, 0) is 18.6 Å². The molecular weight excluding hydrogens is 198 g/mol. The zero-order valence-electron chi connectivity index (χ0n) is 8.11. The summed E-state index contributed by atoms with van der Waals surface area (Å²) in [5.41, 5.74) is 0. The van der Waals surface area contributed by atoms with Gasteiger partial charge in [0.15, 0.2) is 0 Å². The molecule has 0 bridgehead atoms. The molecule has 0 aromatic heterocycles. The van der Waals surface area contributed by atoms with Gasteiger partial charge in [0.1, 0.15) is 0 Å². The summed E-state index contributed by atoms with van der Waals surface area (Å²) >= 11 is 1.88. The Morgan fingerprint density at radius 1 is 1.71 bits per heavy atom. The lowest BCUT2D eigenvalue weighted by Gasteiger charge is -2.31. The third-order valence-electron chi connectivity index (χ3n) is 2.29. The lowest BCUT2D eigenvalue weighted by Crippen LogP contribution is -2.42. The Balaban J connectivity index is 2.47. The number of terminal acetylenes is 1. The van der Waals surface area contributed by atoms with Crippen LogP contribution in [0.2, 0.25) is 0 Å². The molecule has 1 atom stereocenters. The highest BCUT2D eigenvalue weighted by Gasteiger charge is 2.22. The van der Waals surface area contributed by atoms with Gasteiger partial charge >= 0.3 is 5.97 Å². The molecule has 1 fully saturated rings. The second-order valence-electron chi connectivity index (χ2n) is 3.37. The van der Waals surface area contributed by atoms with Crippen molar-refractivity contribution in [1.82, 2.24) is 4.90 Å². The molecule has 4 heteroatoms. The molecule has 0 saturated carbocycles. The minimum atomic E-state index is -0.796. The highest BCUT2D eigenvalue weighted by Crippen LogP contribution is 2.21. The number of hydrogen-bond donors (Lipinski definition) is 1. The van der Waals surface area contributed by atoms with Crippen molar-refractivity contribution in [3.05, 3.63) is 0 Å². The maximum Gasteiger partial charge on any atom is 0.317 e. The lowest BCUT2D eigenvalue weighted by molar-refractivity contribution is -0.138. The van der Waals surface area contributed by atoms with Crippen LogP contribution in [0.5, 0.6) is 0 Å². The molecule has 0 aromatic carbocycles. The van der Waals surface area contributed by atoms with E-state index in [4.69, 9.17) is 11.5 Å². The number of nitrogens with zero attached hydrogens (tertiary/aromatic N) is 1. The summed E-state index contributed by atoms with van der Waals surface area (Å²) < 4.78 is 0. The SMILES string of the molecule is C#CCN(CC(=O)O)C1CCCSC1. The number of rotatable bonds is 4. The van der Waals surface area contributed by atoms with E-state index < -0.39 is 5.97 Å². The van der Waals surface area contributed by atoms with Gasteiger partial charge in [-0.2, -0.15) is 11.8 Å². The van der Waals surface area contributed by atoms with Crippen LogP contribution in [0.4, 0.5) is 0 Å². The van der Waals surface area contributed by atoms with Gasteiger partial charge in [0.05, 0.1) is 13.1 Å². The number of thioether (sulfide) groups is 1. The van der Waals surface area contributed by atoms with Crippen LogP contribution in [0.25, 0.3) is 0 Å². The van der Waals surface area contributed by atoms with E-state index in [1.165, 1.54) is 5.75 Å². The predicted molar refractivity (Wildman–Crippen MR) is 58.4 cm³/mol. The first-order valence-corrected chi connectivity index (χ1v) is 5.86. The van der Waals surface area contributed by atoms with Crippen LogP contribution in [-0.4, -0.2) is 46.6 Å². The Morgan fingerprint density at radius 2 is 2.50 bits per heavy atom. The Kier molecular flexibility index (Phi) is 4.85. The van der Waals surface area contributed by atoms with Crippen LogP contribution >= 0.6 is 11.8 Å². The molecule has 1 N–H and O–H groups in total. The maximum absolute atomic E-state index is 10.6. The Hall–Kier alpha value is -0.660. The van der Waals surface area contributed by atoms with E-state index in [0.717, 1.165) is 18.6 Å². The summed E-state index contributed by atoms with van der Waals surface area (Å²) in [6.45, 7) is 0.507. The standard InChI is InChI=1S/C10H15NO2S/c1-2-5-11(7-10(12)13)9-4-3-6-14-8-9/h1,9H,3-8H2,(H,12,13). The first-order valence-electron chi connectivity index (χ1n) is 4.71. The topological polar surface area (TPSA) is 40.5 Å². The third kappa shape index (κ3) is 3.60.